The van der Waals surface area contributed by atoms with Gasteiger partial charge >= 0.3 is 6.18 Å². The van der Waals surface area contributed by atoms with E-state index in [-0.39, 0.29) is 12.5 Å². The summed E-state index contributed by atoms with van der Waals surface area (Å²) in [5.74, 6) is 0. The molecule has 0 saturated heterocycles. The van der Waals surface area contributed by atoms with Crippen molar-refractivity contribution >= 4 is 5.69 Å². The van der Waals surface area contributed by atoms with Crippen LogP contribution in [0.2, 0.25) is 0 Å². The molecule has 1 heterocycles. The minimum atomic E-state index is -4.04. The monoisotopic (exact) mass is 258 g/mol. The van der Waals surface area contributed by atoms with Crippen molar-refractivity contribution in [3.05, 3.63) is 29.8 Å². The molecule has 0 saturated carbocycles. The van der Waals surface area contributed by atoms with Crippen LogP contribution in [0.3, 0.4) is 0 Å². The van der Waals surface area contributed by atoms with E-state index >= 15 is 0 Å². The number of rotatable bonds is 5. The van der Waals surface area contributed by atoms with Crippen LogP contribution >= 0.6 is 0 Å². The lowest BCUT2D eigenvalue weighted by Gasteiger charge is -2.12. The maximum Gasteiger partial charge on any atom is 0.389 e. The molecule has 5 heteroatoms. The zero-order chi connectivity index (χ0) is 13.0. The van der Waals surface area contributed by atoms with Crippen LogP contribution < -0.4 is 10.6 Å². The first kappa shape index (κ1) is 13.2. The van der Waals surface area contributed by atoms with Crippen LogP contribution in [0, 0.1) is 0 Å². The summed E-state index contributed by atoms with van der Waals surface area (Å²) in [6.45, 7) is 1.11. The van der Waals surface area contributed by atoms with Crippen LogP contribution in [0.15, 0.2) is 24.3 Å². The second-order valence-corrected chi connectivity index (χ2v) is 4.63. The summed E-state index contributed by atoms with van der Waals surface area (Å²) in [7, 11) is 0. The van der Waals surface area contributed by atoms with Crippen LogP contribution in [-0.4, -0.2) is 25.3 Å². The molecule has 2 rings (SSSR count). The first-order chi connectivity index (χ1) is 8.54. The molecular formula is C13H17F3N2. The molecule has 1 aromatic carbocycles. The van der Waals surface area contributed by atoms with E-state index in [2.05, 4.69) is 16.7 Å². The topological polar surface area (TPSA) is 24.1 Å². The summed E-state index contributed by atoms with van der Waals surface area (Å²) in [5.41, 5.74) is 2.42. The first-order valence-electron chi connectivity index (χ1n) is 6.16. The number of fused-ring (bicyclic) bond motifs is 1. The zero-order valence-corrected chi connectivity index (χ0v) is 10.1. The zero-order valence-electron chi connectivity index (χ0n) is 10.1. The Hall–Kier alpha value is -1.23. The van der Waals surface area contributed by atoms with Crippen LogP contribution in [0.1, 0.15) is 18.4 Å². The molecule has 0 radical (unpaired) electrons. The molecule has 1 unspecified atom stereocenters. The Bertz CT molecular complexity index is 365. The highest BCUT2D eigenvalue weighted by molar-refractivity contribution is 5.56. The molecular weight excluding hydrogens is 241 g/mol. The fourth-order valence-corrected chi connectivity index (χ4v) is 2.19. The van der Waals surface area contributed by atoms with Crippen molar-refractivity contribution < 1.29 is 13.2 Å². The number of hydrogen-bond donors (Lipinski definition) is 2. The van der Waals surface area contributed by atoms with Gasteiger partial charge in [-0.1, -0.05) is 18.2 Å². The van der Waals surface area contributed by atoms with Crippen molar-refractivity contribution in [3.8, 4) is 0 Å². The molecule has 0 bridgehead atoms. The summed E-state index contributed by atoms with van der Waals surface area (Å²) in [4.78, 5) is 0. The molecule has 1 aliphatic heterocycles. The van der Waals surface area contributed by atoms with E-state index in [1.54, 1.807) is 0 Å². The highest BCUT2D eigenvalue weighted by Gasteiger charge is 2.26. The molecule has 0 amide bonds. The SMILES string of the molecule is FC(F)(F)CCCNCC1Cc2ccccc2N1. The lowest BCUT2D eigenvalue weighted by atomic mass is 10.1. The van der Waals surface area contributed by atoms with Gasteiger partial charge in [0.05, 0.1) is 0 Å². The predicted octanol–water partition coefficient (Wildman–Crippen LogP) is 2.96. The third kappa shape index (κ3) is 3.91. The summed E-state index contributed by atoms with van der Waals surface area (Å²) in [6, 6.07) is 8.36. The highest BCUT2D eigenvalue weighted by Crippen LogP contribution is 2.24. The van der Waals surface area contributed by atoms with Gasteiger partial charge in [-0.25, -0.2) is 0 Å². The summed E-state index contributed by atoms with van der Waals surface area (Å²) >= 11 is 0. The number of halogens is 3. The molecule has 0 spiro atoms. The Morgan fingerprint density at radius 3 is 2.78 bits per heavy atom. The molecule has 1 aromatic rings. The van der Waals surface area contributed by atoms with E-state index < -0.39 is 12.6 Å². The normalized spacial score (nSPS) is 18.5. The molecule has 100 valence electrons. The van der Waals surface area contributed by atoms with E-state index in [1.165, 1.54) is 5.56 Å². The van der Waals surface area contributed by atoms with Crippen molar-refractivity contribution in [1.82, 2.24) is 5.32 Å². The van der Waals surface area contributed by atoms with Gasteiger partial charge in [0.1, 0.15) is 0 Å². The molecule has 2 nitrogen and oxygen atoms in total. The van der Waals surface area contributed by atoms with Crippen molar-refractivity contribution in [2.75, 3.05) is 18.4 Å². The van der Waals surface area contributed by atoms with Gasteiger partial charge in [0.25, 0.3) is 0 Å². The van der Waals surface area contributed by atoms with Crippen LogP contribution in [0.5, 0.6) is 0 Å². The fourth-order valence-electron chi connectivity index (χ4n) is 2.19. The molecule has 0 fully saturated rings. The maximum absolute atomic E-state index is 11.9. The van der Waals surface area contributed by atoms with Gasteiger partial charge in [-0.3, -0.25) is 0 Å². The lowest BCUT2D eigenvalue weighted by Crippen LogP contribution is -2.32. The van der Waals surface area contributed by atoms with Gasteiger partial charge in [-0.05, 0) is 31.0 Å². The number of para-hydroxylation sites is 1. The van der Waals surface area contributed by atoms with Crippen LogP contribution in [0.25, 0.3) is 0 Å². The number of hydrogen-bond acceptors (Lipinski definition) is 2. The first-order valence-corrected chi connectivity index (χ1v) is 6.16. The van der Waals surface area contributed by atoms with Gasteiger partial charge < -0.3 is 10.6 Å². The molecule has 2 N–H and O–H groups in total. The smallest absolute Gasteiger partial charge is 0.380 e. The molecule has 0 aliphatic carbocycles. The number of alkyl halides is 3. The van der Waals surface area contributed by atoms with Crippen molar-refractivity contribution in [2.45, 2.75) is 31.5 Å². The van der Waals surface area contributed by atoms with Gasteiger partial charge in [0, 0.05) is 24.7 Å². The van der Waals surface area contributed by atoms with E-state index in [4.69, 9.17) is 0 Å². The minimum absolute atomic E-state index is 0.142. The Labute approximate surface area is 105 Å². The number of nitrogens with one attached hydrogen (secondary N) is 2. The Morgan fingerprint density at radius 2 is 2.06 bits per heavy atom. The van der Waals surface area contributed by atoms with Gasteiger partial charge in [0.2, 0.25) is 0 Å². The third-order valence-corrected chi connectivity index (χ3v) is 3.05. The third-order valence-electron chi connectivity index (χ3n) is 3.05. The Balaban J connectivity index is 1.63. The Morgan fingerprint density at radius 1 is 1.28 bits per heavy atom. The van der Waals surface area contributed by atoms with Crippen molar-refractivity contribution in [3.63, 3.8) is 0 Å². The maximum atomic E-state index is 11.9. The van der Waals surface area contributed by atoms with Gasteiger partial charge in [-0.2, -0.15) is 13.2 Å². The molecule has 1 atom stereocenters. The van der Waals surface area contributed by atoms with E-state index in [0.29, 0.717) is 13.1 Å². The molecule has 1 aliphatic rings. The number of benzene rings is 1. The van der Waals surface area contributed by atoms with E-state index in [1.807, 2.05) is 18.2 Å². The minimum Gasteiger partial charge on any atom is -0.380 e. The van der Waals surface area contributed by atoms with Crippen molar-refractivity contribution in [2.24, 2.45) is 0 Å². The average molecular weight is 258 g/mol. The van der Waals surface area contributed by atoms with E-state index in [0.717, 1.165) is 12.1 Å². The van der Waals surface area contributed by atoms with Gasteiger partial charge in [0.15, 0.2) is 0 Å². The van der Waals surface area contributed by atoms with E-state index in [9.17, 15) is 13.2 Å². The standard InChI is InChI=1S/C13H17F3N2/c14-13(15,16)6-3-7-17-9-11-8-10-4-1-2-5-12(10)18-11/h1-2,4-5,11,17-18H,3,6-9H2. The molecule has 0 aromatic heterocycles. The second-order valence-electron chi connectivity index (χ2n) is 4.63. The van der Waals surface area contributed by atoms with Crippen molar-refractivity contribution in [1.29, 1.82) is 0 Å². The average Bonchev–Trinajstić information content (AvgIpc) is 2.69. The fraction of sp³-hybridized carbons (Fsp3) is 0.538. The van der Waals surface area contributed by atoms with Crippen LogP contribution in [0.4, 0.5) is 18.9 Å². The second kappa shape index (κ2) is 5.61. The summed E-state index contributed by atoms with van der Waals surface area (Å²) in [6.07, 6.45) is -3.67. The van der Waals surface area contributed by atoms with Crippen LogP contribution in [-0.2, 0) is 6.42 Å². The number of anilines is 1. The molecule has 18 heavy (non-hydrogen) atoms. The summed E-state index contributed by atoms with van der Waals surface area (Å²) < 4.78 is 35.8. The lowest BCUT2D eigenvalue weighted by molar-refractivity contribution is -0.135. The Kier molecular flexibility index (Phi) is 4.11. The quantitative estimate of drug-likeness (QED) is 0.793. The summed E-state index contributed by atoms with van der Waals surface area (Å²) in [5, 5.41) is 6.43. The van der Waals surface area contributed by atoms with Gasteiger partial charge in [-0.15, -0.1) is 0 Å². The largest absolute Gasteiger partial charge is 0.389 e. The highest BCUT2D eigenvalue weighted by atomic mass is 19.4. The predicted molar refractivity (Wildman–Crippen MR) is 65.7 cm³/mol.